The van der Waals surface area contributed by atoms with Crippen LogP contribution in [-0.4, -0.2) is 36.2 Å². The summed E-state index contributed by atoms with van der Waals surface area (Å²) in [5.74, 6) is -1.15. The Kier molecular flexibility index (Phi) is 2.89. The van der Waals surface area contributed by atoms with Crippen molar-refractivity contribution in [3.63, 3.8) is 0 Å². The first kappa shape index (κ1) is 12.4. The number of ether oxygens (including phenoxy) is 2. The van der Waals surface area contributed by atoms with Gasteiger partial charge in [0, 0.05) is 5.92 Å². The minimum absolute atomic E-state index is 0.157. The largest absolute Gasteiger partial charge is 0.464 e. The quantitative estimate of drug-likeness (QED) is 0.567. The van der Waals surface area contributed by atoms with Gasteiger partial charge >= 0.3 is 11.9 Å². The predicted octanol–water partition coefficient (Wildman–Crippen LogP) is 0.623. The van der Waals surface area contributed by atoms with Crippen LogP contribution < -0.4 is 5.32 Å². The van der Waals surface area contributed by atoms with Gasteiger partial charge in [-0.25, -0.2) is 9.59 Å². The average molecular weight is 241 g/mol. The number of cyclic esters (lactones) is 1. The SMILES string of the molecule is CCOC(=O)C12NCCCC1C(C)(C)OC2=O. The topological polar surface area (TPSA) is 64.6 Å². The Bertz CT molecular complexity index is 352. The summed E-state index contributed by atoms with van der Waals surface area (Å²) in [5.41, 5.74) is -1.89. The summed E-state index contributed by atoms with van der Waals surface area (Å²) < 4.78 is 10.4. The van der Waals surface area contributed by atoms with E-state index in [2.05, 4.69) is 5.32 Å². The number of carbonyl (C=O) groups excluding carboxylic acids is 2. The maximum Gasteiger partial charge on any atom is 0.339 e. The molecule has 5 heteroatoms. The number of hydrogen-bond donors (Lipinski definition) is 1. The number of carbonyl (C=O) groups is 2. The smallest absolute Gasteiger partial charge is 0.339 e. The van der Waals surface area contributed by atoms with Crippen molar-refractivity contribution in [2.75, 3.05) is 13.2 Å². The highest BCUT2D eigenvalue weighted by Gasteiger charge is 2.67. The van der Waals surface area contributed by atoms with Crippen LogP contribution in [-0.2, 0) is 19.1 Å². The molecule has 2 heterocycles. The third-order valence-electron chi connectivity index (χ3n) is 3.71. The van der Waals surface area contributed by atoms with Crippen LogP contribution >= 0.6 is 0 Å². The Morgan fingerprint density at radius 2 is 2.29 bits per heavy atom. The molecule has 2 atom stereocenters. The van der Waals surface area contributed by atoms with Crippen LogP contribution in [0.1, 0.15) is 33.6 Å². The van der Waals surface area contributed by atoms with Crippen molar-refractivity contribution in [3.05, 3.63) is 0 Å². The molecular formula is C12H19NO4. The van der Waals surface area contributed by atoms with Crippen molar-refractivity contribution >= 4 is 11.9 Å². The predicted molar refractivity (Wildman–Crippen MR) is 60.3 cm³/mol. The van der Waals surface area contributed by atoms with Gasteiger partial charge in [0.15, 0.2) is 0 Å². The van der Waals surface area contributed by atoms with Gasteiger partial charge in [0.2, 0.25) is 5.54 Å². The van der Waals surface area contributed by atoms with Crippen LogP contribution in [0.3, 0.4) is 0 Å². The molecule has 0 radical (unpaired) electrons. The van der Waals surface area contributed by atoms with E-state index in [1.807, 2.05) is 13.8 Å². The Labute approximate surface area is 101 Å². The number of piperidine rings is 1. The van der Waals surface area contributed by atoms with E-state index in [-0.39, 0.29) is 12.5 Å². The van der Waals surface area contributed by atoms with E-state index >= 15 is 0 Å². The Balaban J connectivity index is 2.39. The normalized spacial score (nSPS) is 35.0. The first-order valence-corrected chi connectivity index (χ1v) is 6.11. The lowest BCUT2D eigenvalue weighted by atomic mass is 9.72. The molecule has 2 aliphatic rings. The zero-order valence-corrected chi connectivity index (χ0v) is 10.5. The third-order valence-corrected chi connectivity index (χ3v) is 3.71. The highest BCUT2D eigenvalue weighted by Crippen LogP contribution is 2.45. The van der Waals surface area contributed by atoms with Gasteiger partial charge in [-0.2, -0.15) is 0 Å². The second-order valence-electron chi connectivity index (χ2n) is 5.14. The summed E-state index contributed by atoms with van der Waals surface area (Å²) in [6, 6.07) is 0. The summed E-state index contributed by atoms with van der Waals surface area (Å²) in [6.45, 7) is 6.34. The van der Waals surface area contributed by atoms with Gasteiger partial charge in [0.25, 0.3) is 0 Å². The van der Waals surface area contributed by atoms with Crippen molar-refractivity contribution in [1.29, 1.82) is 0 Å². The Morgan fingerprint density at radius 3 is 2.94 bits per heavy atom. The van der Waals surface area contributed by atoms with E-state index in [0.717, 1.165) is 12.8 Å². The minimum Gasteiger partial charge on any atom is -0.464 e. The maximum atomic E-state index is 12.1. The van der Waals surface area contributed by atoms with Gasteiger partial charge < -0.3 is 9.47 Å². The molecule has 2 saturated heterocycles. The van der Waals surface area contributed by atoms with E-state index in [0.29, 0.717) is 6.54 Å². The Hall–Kier alpha value is -1.10. The fraction of sp³-hybridized carbons (Fsp3) is 0.833. The molecule has 0 aromatic rings. The summed E-state index contributed by atoms with van der Waals surface area (Å²) in [7, 11) is 0. The van der Waals surface area contributed by atoms with E-state index in [1.54, 1.807) is 6.92 Å². The first-order chi connectivity index (χ1) is 7.95. The first-order valence-electron chi connectivity index (χ1n) is 6.11. The number of hydrogen-bond acceptors (Lipinski definition) is 5. The fourth-order valence-corrected chi connectivity index (χ4v) is 2.95. The molecule has 0 spiro atoms. The molecule has 0 amide bonds. The standard InChI is InChI=1S/C12H19NO4/c1-4-16-9(14)12-8(6-5-7-13-12)11(2,3)17-10(12)15/h8,13H,4-7H2,1-3H3. The van der Waals surface area contributed by atoms with Crippen LogP contribution in [0, 0.1) is 5.92 Å². The summed E-state index contributed by atoms with van der Waals surface area (Å²) in [4.78, 5) is 24.2. The highest BCUT2D eigenvalue weighted by molar-refractivity contribution is 6.07. The molecule has 17 heavy (non-hydrogen) atoms. The lowest BCUT2D eigenvalue weighted by Crippen LogP contribution is -2.64. The van der Waals surface area contributed by atoms with Gasteiger partial charge in [0.05, 0.1) is 6.61 Å². The number of rotatable bonds is 2. The van der Waals surface area contributed by atoms with Gasteiger partial charge in [0.1, 0.15) is 5.60 Å². The molecule has 0 saturated carbocycles. The molecule has 0 aromatic carbocycles. The van der Waals surface area contributed by atoms with Crippen molar-refractivity contribution in [2.24, 2.45) is 5.92 Å². The number of nitrogens with one attached hydrogen (secondary N) is 1. The lowest BCUT2D eigenvalue weighted by molar-refractivity contribution is -0.162. The van der Waals surface area contributed by atoms with E-state index in [4.69, 9.17) is 9.47 Å². The number of esters is 2. The molecule has 2 aliphatic heterocycles. The fourth-order valence-electron chi connectivity index (χ4n) is 2.95. The van der Waals surface area contributed by atoms with Gasteiger partial charge in [-0.1, -0.05) is 0 Å². The lowest BCUT2D eigenvalue weighted by Gasteiger charge is -2.37. The van der Waals surface area contributed by atoms with E-state index in [9.17, 15) is 9.59 Å². The molecule has 2 rings (SSSR count). The molecule has 2 unspecified atom stereocenters. The van der Waals surface area contributed by atoms with Gasteiger partial charge in [-0.05, 0) is 40.2 Å². The summed E-state index contributed by atoms with van der Waals surface area (Å²) in [6.07, 6.45) is 1.73. The van der Waals surface area contributed by atoms with Gasteiger partial charge in [-0.15, -0.1) is 0 Å². The van der Waals surface area contributed by atoms with Crippen molar-refractivity contribution in [2.45, 2.75) is 44.8 Å². The summed E-state index contributed by atoms with van der Waals surface area (Å²) >= 11 is 0. The third kappa shape index (κ3) is 1.64. The zero-order chi connectivity index (χ0) is 12.7. The van der Waals surface area contributed by atoms with Crippen LogP contribution in [0.15, 0.2) is 0 Å². The maximum absolute atomic E-state index is 12.1. The van der Waals surface area contributed by atoms with Crippen LogP contribution in [0.25, 0.3) is 0 Å². The molecule has 96 valence electrons. The molecule has 2 fully saturated rings. The monoisotopic (exact) mass is 241 g/mol. The zero-order valence-electron chi connectivity index (χ0n) is 10.5. The molecule has 0 bridgehead atoms. The molecule has 0 aromatic heterocycles. The second kappa shape index (κ2) is 3.98. The minimum atomic E-state index is -1.28. The highest BCUT2D eigenvalue weighted by atomic mass is 16.6. The van der Waals surface area contributed by atoms with Gasteiger partial charge in [-0.3, -0.25) is 5.32 Å². The Morgan fingerprint density at radius 1 is 1.59 bits per heavy atom. The molecule has 0 aliphatic carbocycles. The second-order valence-corrected chi connectivity index (χ2v) is 5.14. The molecular weight excluding hydrogens is 222 g/mol. The van der Waals surface area contributed by atoms with Crippen molar-refractivity contribution < 1.29 is 19.1 Å². The number of fused-ring (bicyclic) bond motifs is 1. The molecule has 1 N–H and O–H groups in total. The van der Waals surface area contributed by atoms with E-state index < -0.39 is 23.1 Å². The van der Waals surface area contributed by atoms with Crippen LogP contribution in [0.5, 0.6) is 0 Å². The van der Waals surface area contributed by atoms with Crippen molar-refractivity contribution in [1.82, 2.24) is 5.32 Å². The van der Waals surface area contributed by atoms with Crippen LogP contribution in [0.2, 0.25) is 0 Å². The summed E-state index contributed by atoms with van der Waals surface area (Å²) in [5, 5.41) is 3.04. The average Bonchev–Trinajstić information content (AvgIpc) is 2.48. The van der Waals surface area contributed by atoms with Crippen LogP contribution in [0.4, 0.5) is 0 Å². The van der Waals surface area contributed by atoms with Crippen molar-refractivity contribution in [3.8, 4) is 0 Å². The van der Waals surface area contributed by atoms with E-state index in [1.165, 1.54) is 0 Å². The molecule has 5 nitrogen and oxygen atoms in total.